The molecular formula is C37H42IrNO2-. The summed E-state index contributed by atoms with van der Waals surface area (Å²) >= 11 is 0. The van der Waals surface area contributed by atoms with Crippen molar-refractivity contribution < 1.29 is 30.0 Å². The minimum absolute atomic E-state index is 0. The SMILES string of the molecule is CC(C)(C)Cc1ccc2c3c(nccc13)-c1[c-]cccc1-c1ccccc1-2.CC(C)CC(=O)/C=C(\O)CC(C)C.[Ir]. The first-order valence-corrected chi connectivity index (χ1v) is 14.4. The Balaban J connectivity index is 0.000000284. The number of carbonyl (C=O) groups is 1. The summed E-state index contributed by atoms with van der Waals surface area (Å²) in [5.41, 5.74) is 8.78. The zero-order chi connectivity index (χ0) is 29.0. The number of hydrogen-bond donors (Lipinski definition) is 1. The fraction of sp³-hybridized carbons (Fsp3) is 0.351. The molecule has 5 rings (SSSR count). The zero-order valence-electron chi connectivity index (χ0n) is 25.3. The number of aliphatic hydroxyl groups is 1. The molecule has 0 bridgehead atoms. The number of ketones is 1. The van der Waals surface area contributed by atoms with Crippen LogP contribution in [0.1, 0.15) is 66.9 Å². The van der Waals surface area contributed by atoms with Crippen molar-refractivity contribution in [1.29, 1.82) is 0 Å². The van der Waals surface area contributed by atoms with E-state index in [1.54, 1.807) is 0 Å². The van der Waals surface area contributed by atoms with Crippen molar-refractivity contribution in [3.63, 3.8) is 0 Å². The van der Waals surface area contributed by atoms with Gasteiger partial charge in [0, 0.05) is 45.2 Å². The molecule has 0 fully saturated rings. The van der Waals surface area contributed by atoms with Gasteiger partial charge in [-0.1, -0.05) is 96.0 Å². The Hall–Kier alpha value is -3.07. The fourth-order valence-electron chi connectivity index (χ4n) is 5.43. The first kappa shape index (κ1) is 32.4. The Morgan fingerprint density at radius 2 is 1.51 bits per heavy atom. The van der Waals surface area contributed by atoms with Crippen molar-refractivity contribution in [2.24, 2.45) is 17.3 Å². The van der Waals surface area contributed by atoms with Gasteiger partial charge in [-0.3, -0.25) is 4.79 Å². The summed E-state index contributed by atoms with van der Waals surface area (Å²) < 4.78 is 0. The van der Waals surface area contributed by atoms with Gasteiger partial charge in [-0.2, -0.15) is 0 Å². The fourth-order valence-corrected chi connectivity index (χ4v) is 5.43. The van der Waals surface area contributed by atoms with E-state index in [4.69, 9.17) is 4.98 Å². The molecule has 1 aromatic heterocycles. The summed E-state index contributed by atoms with van der Waals surface area (Å²) in [6.07, 6.45) is 5.46. The molecule has 4 aromatic rings. The monoisotopic (exact) mass is 725 g/mol. The third-order valence-corrected chi connectivity index (χ3v) is 6.89. The number of pyridine rings is 1. The maximum atomic E-state index is 11.2. The van der Waals surface area contributed by atoms with Crippen molar-refractivity contribution in [3.8, 4) is 33.5 Å². The maximum Gasteiger partial charge on any atom is 0.159 e. The van der Waals surface area contributed by atoms with Crippen molar-refractivity contribution in [2.45, 2.75) is 67.7 Å². The molecule has 3 aromatic carbocycles. The molecular weight excluding hydrogens is 683 g/mol. The van der Waals surface area contributed by atoms with E-state index in [-0.39, 0.29) is 37.1 Å². The summed E-state index contributed by atoms with van der Waals surface area (Å²) in [6, 6.07) is 25.2. The molecule has 0 amide bonds. The number of aromatic nitrogens is 1. The molecule has 1 aliphatic rings. The Kier molecular flexibility index (Phi) is 10.9. The van der Waals surface area contributed by atoms with Crippen LogP contribution in [0.4, 0.5) is 0 Å². The van der Waals surface area contributed by atoms with E-state index in [2.05, 4.69) is 81.4 Å². The molecule has 1 heterocycles. The van der Waals surface area contributed by atoms with Gasteiger partial charge in [0.05, 0.1) is 5.76 Å². The van der Waals surface area contributed by atoms with Gasteiger partial charge in [0.2, 0.25) is 0 Å². The van der Waals surface area contributed by atoms with Crippen LogP contribution in [-0.4, -0.2) is 15.9 Å². The molecule has 3 nitrogen and oxygen atoms in total. The van der Waals surface area contributed by atoms with Crippen molar-refractivity contribution >= 4 is 16.6 Å². The zero-order valence-corrected chi connectivity index (χ0v) is 27.7. The number of fused-ring (bicyclic) bond motifs is 5. The predicted octanol–water partition coefficient (Wildman–Crippen LogP) is 10.0. The van der Waals surface area contributed by atoms with Crippen LogP contribution in [0.15, 0.2) is 78.7 Å². The van der Waals surface area contributed by atoms with Gasteiger partial charge >= 0.3 is 0 Å². The number of nitrogens with zero attached hydrogens (tertiary/aromatic N) is 1. The van der Waals surface area contributed by atoms with Gasteiger partial charge in [-0.05, 0) is 62.9 Å². The first-order valence-electron chi connectivity index (χ1n) is 14.4. The summed E-state index contributed by atoms with van der Waals surface area (Å²) in [5, 5.41) is 11.9. The van der Waals surface area contributed by atoms with Gasteiger partial charge in [0.15, 0.2) is 5.78 Å². The third kappa shape index (κ3) is 8.03. The number of allylic oxidation sites excluding steroid dienone is 2. The van der Waals surface area contributed by atoms with Gasteiger partial charge in [0.25, 0.3) is 0 Å². The molecule has 0 saturated heterocycles. The quantitative estimate of drug-likeness (QED) is 0.108. The Bertz CT molecular complexity index is 1490. The van der Waals surface area contributed by atoms with Gasteiger partial charge in [-0.15, -0.1) is 29.8 Å². The van der Waals surface area contributed by atoms with Crippen molar-refractivity contribution in [2.75, 3.05) is 0 Å². The minimum atomic E-state index is 0. The van der Waals surface area contributed by atoms with Crippen LogP contribution in [0, 0.1) is 23.3 Å². The van der Waals surface area contributed by atoms with E-state index in [9.17, 15) is 9.90 Å². The number of benzene rings is 3. The van der Waals surface area contributed by atoms with Gasteiger partial charge in [-0.25, -0.2) is 0 Å². The molecule has 0 spiro atoms. The largest absolute Gasteiger partial charge is 0.512 e. The van der Waals surface area contributed by atoms with Crippen LogP contribution in [0.25, 0.3) is 44.3 Å². The van der Waals surface area contributed by atoms with Crippen molar-refractivity contribution in [3.05, 3.63) is 90.3 Å². The molecule has 0 saturated carbocycles. The average molecular weight is 725 g/mol. The summed E-state index contributed by atoms with van der Waals surface area (Å²) in [4.78, 5) is 16.0. The van der Waals surface area contributed by atoms with Gasteiger partial charge in [0.1, 0.15) is 0 Å². The second-order valence-corrected chi connectivity index (χ2v) is 12.9. The van der Waals surface area contributed by atoms with Crippen LogP contribution < -0.4 is 0 Å². The van der Waals surface area contributed by atoms with E-state index in [0.29, 0.717) is 24.7 Å². The molecule has 0 aliphatic heterocycles. The van der Waals surface area contributed by atoms with E-state index < -0.39 is 0 Å². The van der Waals surface area contributed by atoms with Crippen LogP contribution in [0.5, 0.6) is 0 Å². The van der Waals surface area contributed by atoms with Crippen LogP contribution in [-0.2, 0) is 31.3 Å². The van der Waals surface area contributed by atoms with Crippen LogP contribution >= 0.6 is 0 Å². The summed E-state index contributed by atoms with van der Waals surface area (Å²) in [7, 11) is 0. The normalized spacial score (nSPS) is 12.2. The minimum Gasteiger partial charge on any atom is -0.512 e. The molecule has 41 heavy (non-hydrogen) atoms. The van der Waals surface area contributed by atoms with Gasteiger partial charge < -0.3 is 10.1 Å². The Labute approximate surface area is 259 Å². The number of aliphatic hydroxyl groups excluding tert-OH is 1. The first-order chi connectivity index (χ1) is 18.9. The maximum absolute atomic E-state index is 11.2. The third-order valence-electron chi connectivity index (χ3n) is 6.89. The molecule has 1 aliphatic carbocycles. The molecule has 0 atom stereocenters. The molecule has 1 radical (unpaired) electrons. The number of hydrogen-bond acceptors (Lipinski definition) is 3. The molecule has 217 valence electrons. The smallest absolute Gasteiger partial charge is 0.159 e. The van der Waals surface area contributed by atoms with E-state index in [1.165, 1.54) is 44.7 Å². The van der Waals surface area contributed by atoms with E-state index in [1.807, 2.05) is 40.0 Å². The number of carbonyl (C=O) groups excluding carboxylic acids is 1. The summed E-state index contributed by atoms with van der Waals surface area (Å²) in [5.74, 6) is 0.979. The Morgan fingerprint density at radius 1 is 0.878 bits per heavy atom. The summed E-state index contributed by atoms with van der Waals surface area (Å²) in [6.45, 7) is 14.9. The second kappa shape index (κ2) is 13.7. The topological polar surface area (TPSA) is 50.2 Å². The Morgan fingerprint density at radius 3 is 2.15 bits per heavy atom. The van der Waals surface area contributed by atoms with Crippen molar-refractivity contribution in [1.82, 2.24) is 4.98 Å². The molecule has 1 N–H and O–H groups in total. The number of rotatable bonds is 6. The average Bonchev–Trinajstić information content (AvgIpc) is 2.98. The molecule has 4 heteroatoms. The second-order valence-electron chi connectivity index (χ2n) is 12.9. The molecule has 0 unspecified atom stereocenters. The predicted molar refractivity (Wildman–Crippen MR) is 168 cm³/mol. The van der Waals surface area contributed by atoms with Crippen LogP contribution in [0.3, 0.4) is 0 Å². The van der Waals surface area contributed by atoms with E-state index >= 15 is 0 Å². The standard InChI is InChI=1S/C26H22N.C11H20O2.Ir/c1-26(2,3)16-17-12-13-22-20-9-5-4-8-19(20)21-10-6-7-11-23(21)25-24(22)18(17)14-15-27-25;1-8(2)5-10(12)7-11(13)6-9(3)4;/h4-10,12-15H,16H2,1-3H3;7-9,12H,5-6H2,1-4H3;/q-1;;/b;10-7-;. The van der Waals surface area contributed by atoms with E-state index in [0.717, 1.165) is 17.7 Å². The van der Waals surface area contributed by atoms with Crippen LogP contribution in [0.2, 0.25) is 0 Å².